The highest BCUT2D eigenvalue weighted by Gasteiger charge is 2.11. The molecule has 2 rings (SSSR count). The van der Waals surface area contributed by atoms with Crippen molar-refractivity contribution in [3.05, 3.63) is 76.1 Å². The van der Waals surface area contributed by atoms with E-state index in [1.807, 2.05) is 12.1 Å². The van der Waals surface area contributed by atoms with Crippen molar-refractivity contribution in [1.82, 2.24) is 4.98 Å². The summed E-state index contributed by atoms with van der Waals surface area (Å²) in [5, 5.41) is 10.9. The van der Waals surface area contributed by atoms with Crippen LogP contribution in [0.2, 0.25) is 0 Å². The molecule has 0 aliphatic heterocycles. The number of nitro benzene ring substituents is 1. The third-order valence-corrected chi connectivity index (χ3v) is 3.25. The second-order valence-electron chi connectivity index (χ2n) is 5.08. The maximum Gasteiger partial charge on any atom is 0.313 e. The molecule has 2 aromatic rings. The third-order valence-electron chi connectivity index (χ3n) is 3.25. The average molecular weight is 340 g/mol. The molecule has 0 aliphatic rings. The van der Waals surface area contributed by atoms with Crippen LogP contribution in [0.5, 0.6) is 0 Å². The van der Waals surface area contributed by atoms with Gasteiger partial charge in [-0.3, -0.25) is 24.7 Å². The molecule has 0 radical (unpaired) electrons. The van der Waals surface area contributed by atoms with Gasteiger partial charge in [0, 0.05) is 24.4 Å². The number of aromatic nitrogens is 1. The van der Waals surface area contributed by atoms with E-state index in [0.29, 0.717) is 12.0 Å². The minimum Gasteiger partial charge on any atom is -0.465 e. The highest BCUT2D eigenvalue weighted by atomic mass is 16.6. The molecule has 1 aromatic carbocycles. The van der Waals surface area contributed by atoms with Crippen LogP contribution in [0.15, 0.2) is 54.7 Å². The Morgan fingerprint density at radius 1 is 1.16 bits per heavy atom. The molecular formula is C18H16N2O5. The van der Waals surface area contributed by atoms with E-state index < -0.39 is 23.1 Å². The number of hydrogen-bond donors (Lipinski definition) is 0. The van der Waals surface area contributed by atoms with Crippen LogP contribution in [0, 0.1) is 10.1 Å². The molecule has 7 heteroatoms. The van der Waals surface area contributed by atoms with Crippen LogP contribution >= 0.6 is 0 Å². The summed E-state index contributed by atoms with van der Waals surface area (Å²) in [6.45, 7) is 0.136. The Balaban J connectivity index is 1.81. The van der Waals surface area contributed by atoms with E-state index in [2.05, 4.69) is 4.98 Å². The van der Waals surface area contributed by atoms with Gasteiger partial charge in [-0.2, -0.15) is 0 Å². The average Bonchev–Trinajstić information content (AvgIpc) is 2.61. The van der Waals surface area contributed by atoms with Crippen molar-refractivity contribution in [3.63, 3.8) is 0 Å². The topological polar surface area (TPSA) is 99.4 Å². The first-order chi connectivity index (χ1) is 12.1. The zero-order chi connectivity index (χ0) is 18.1. The number of ether oxygens (including phenoxy) is 1. The number of esters is 1. The monoisotopic (exact) mass is 340 g/mol. The van der Waals surface area contributed by atoms with E-state index in [1.165, 1.54) is 24.3 Å². The Labute approximate surface area is 144 Å². The Kier molecular flexibility index (Phi) is 6.53. The summed E-state index contributed by atoms with van der Waals surface area (Å²) in [6, 6.07) is 11.5. The Morgan fingerprint density at radius 3 is 2.64 bits per heavy atom. The lowest BCUT2D eigenvalue weighted by atomic mass is 10.1. The van der Waals surface area contributed by atoms with Crippen LogP contribution < -0.4 is 0 Å². The lowest BCUT2D eigenvalue weighted by Crippen LogP contribution is -2.12. The fourth-order valence-corrected chi connectivity index (χ4v) is 2.05. The zero-order valence-corrected chi connectivity index (χ0v) is 13.3. The van der Waals surface area contributed by atoms with Gasteiger partial charge in [-0.05, 0) is 30.4 Å². The van der Waals surface area contributed by atoms with Crippen molar-refractivity contribution in [2.24, 2.45) is 0 Å². The number of ketones is 1. The third kappa shape index (κ3) is 5.98. The number of benzene rings is 1. The minimum atomic E-state index is -0.645. The molecule has 0 saturated heterocycles. The summed E-state index contributed by atoms with van der Waals surface area (Å²) in [7, 11) is 0. The van der Waals surface area contributed by atoms with Crippen molar-refractivity contribution in [1.29, 1.82) is 0 Å². The molecule has 0 fully saturated rings. The number of rotatable bonds is 8. The van der Waals surface area contributed by atoms with Gasteiger partial charge in [0.2, 0.25) is 0 Å². The molecule has 7 nitrogen and oxygen atoms in total. The summed E-state index contributed by atoms with van der Waals surface area (Å²) in [5.74, 6) is -1.13. The lowest BCUT2D eigenvalue weighted by molar-refractivity contribution is -0.385. The lowest BCUT2D eigenvalue weighted by Gasteiger charge is -2.03. The summed E-state index contributed by atoms with van der Waals surface area (Å²) in [6.07, 6.45) is 4.16. The first-order valence-corrected chi connectivity index (χ1v) is 7.56. The fraction of sp³-hybridized carbons (Fsp3) is 0.167. The Bertz CT molecular complexity index is 787. The zero-order valence-electron chi connectivity index (χ0n) is 13.3. The van der Waals surface area contributed by atoms with E-state index in [9.17, 15) is 19.7 Å². The number of pyridine rings is 1. The van der Waals surface area contributed by atoms with E-state index in [4.69, 9.17) is 4.74 Å². The molecule has 0 spiro atoms. The Hall–Kier alpha value is -3.35. The number of carbonyl (C=O) groups excluding carboxylic acids is 2. The van der Waals surface area contributed by atoms with Gasteiger partial charge < -0.3 is 4.74 Å². The fourth-order valence-electron chi connectivity index (χ4n) is 2.05. The van der Waals surface area contributed by atoms with Gasteiger partial charge in [0.25, 0.3) is 5.69 Å². The molecule has 1 heterocycles. The van der Waals surface area contributed by atoms with E-state index in [1.54, 1.807) is 18.3 Å². The quantitative estimate of drug-likeness (QED) is 0.241. The van der Waals surface area contributed by atoms with Gasteiger partial charge >= 0.3 is 5.97 Å². The van der Waals surface area contributed by atoms with Gasteiger partial charge in [0.15, 0.2) is 5.78 Å². The van der Waals surface area contributed by atoms with Crippen molar-refractivity contribution in [2.75, 3.05) is 6.61 Å². The number of para-hydroxylation sites is 1. The van der Waals surface area contributed by atoms with Crippen molar-refractivity contribution in [3.8, 4) is 0 Å². The molecule has 0 aliphatic carbocycles. The number of carbonyl (C=O) groups is 2. The number of nitrogens with zero attached hydrogens (tertiary/aromatic N) is 2. The standard InChI is InChI=1S/C18H16N2O5/c21-16(9-8-14-5-1-2-7-17(14)20(23)24)13-18(22)25-12-10-15-6-3-4-11-19-15/h1-9,11H,10,12-13H2. The van der Waals surface area contributed by atoms with Crippen molar-refractivity contribution in [2.45, 2.75) is 12.8 Å². The van der Waals surface area contributed by atoms with Crippen LogP contribution in [0.25, 0.3) is 6.08 Å². The number of allylic oxidation sites excluding steroid dienone is 1. The summed E-state index contributed by atoms with van der Waals surface area (Å²) in [4.78, 5) is 37.8. The molecule has 0 unspecified atom stereocenters. The smallest absolute Gasteiger partial charge is 0.313 e. The van der Waals surface area contributed by atoms with E-state index in [0.717, 1.165) is 11.8 Å². The molecular weight excluding hydrogens is 324 g/mol. The highest BCUT2D eigenvalue weighted by molar-refractivity contribution is 6.04. The first-order valence-electron chi connectivity index (χ1n) is 7.56. The summed E-state index contributed by atoms with van der Waals surface area (Å²) >= 11 is 0. The molecule has 25 heavy (non-hydrogen) atoms. The SMILES string of the molecule is O=C(C=Cc1ccccc1[N+](=O)[O-])CC(=O)OCCc1ccccn1. The van der Waals surface area contributed by atoms with Gasteiger partial charge in [0.05, 0.1) is 17.1 Å². The minimum absolute atomic E-state index is 0.107. The van der Waals surface area contributed by atoms with Crippen LogP contribution in [0.3, 0.4) is 0 Å². The van der Waals surface area contributed by atoms with Gasteiger partial charge in [0.1, 0.15) is 6.42 Å². The number of hydrogen-bond acceptors (Lipinski definition) is 6. The second kappa shape index (κ2) is 9.07. The maximum atomic E-state index is 11.8. The largest absolute Gasteiger partial charge is 0.465 e. The highest BCUT2D eigenvalue weighted by Crippen LogP contribution is 2.18. The molecule has 128 valence electrons. The summed E-state index contributed by atoms with van der Waals surface area (Å²) in [5.41, 5.74) is 0.978. The van der Waals surface area contributed by atoms with Crippen molar-refractivity contribution >= 4 is 23.5 Å². The molecule has 0 bridgehead atoms. The Morgan fingerprint density at radius 2 is 1.92 bits per heavy atom. The number of nitro groups is 1. The maximum absolute atomic E-state index is 11.8. The molecule has 0 saturated carbocycles. The first kappa shape index (κ1) is 18.0. The van der Waals surface area contributed by atoms with Gasteiger partial charge in [-0.1, -0.05) is 18.2 Å². The molecule has 0 atom stereocenters. The molecule has 1 aromatic heterocycles. The van der Waals surface area contributed by atoms with E-state index >= 15 is 0 Å². The molecule has 0 amide bonds. The predicted molar refractivity (Wildman–Crippen MR) is 90.7 cm³/mol. The molecule has 0 N–H and O–H groups in total. The second-order valence-corrected chi connectivity index (χ2v) is 5.08. The van der Waals surface area contributed by atoms with Gasteiger partial charge in [-0.25, -0.2) is 0 Å². The van der Waals surface area contributed by atoms with Crippen LogP contribution in [-0.2, 0) is 20.7 Å². The van der Waals surface area contributed by atoms with E-state index in [-0.39, 0.29) is 12.3 Å². The normalized spacial score (nSPS) is 10.6. The van der Waals surface area contributed by atoms with Crippen LogP contribution in [0.4, 0.5) is 5.69 Å². The van der Waals surface area contributed by atoms with Gasteiger partial charge in [-0.15, -0.1) is 0 Å². The van der Waals surface area contributed by atoms with Crippen LogP contribution in [-0.4, -0.2) is 28.3 Å². The predicted octanol–water partition coefficient (Wildman–Crippen LogP) is 2.75. The summed E-state index contributed by atoms with van der Waals surface area (Å²) < 4.78 is 4.99. The van der Waals surface area contributed by atoms with Crippen molar-refractivity contribution < 1.29 is 19.2 Å². The van der Waals surface area contributed by atoms with Crippen LogP contribution in [0.1, 0.15) is 17.7 Å².